The van der Waals surface area contributed by atoms with E-state index in [2.05, 4.69) is 4.89 Å². The van der Waals surface area contributed by atoms with Gasteiger partial charge in [-0.2, -0.15) is 0 Å². The molecular formula is C19H31NO10. The summed E-state index contributed by atoms with van der Waals surface area (Å²) in [6, 6.07) is 0. The number of amides is 1. The lowest BCUT2D eigenvalue weighted by Gasteiger charge is -2.41. The van der Waals surface area contributed by atoms with Gasteiger partial charge in [-0.05, 0) is 32.1 Å². The third-order valence-electron chi connectivity index (χ3n) is 6.13. The molecule has 2 aliphatic heterocycles. The highest BCUT2D eigenvalue weighted by atomic mass is 17.1. The van der Waals surface area contributed by atoms with Crippen LogP contribution in [0.25, 0.3) is 0 Å². The molecule has 0 bridgehead atoms. The summed E-state index contributed by atoms with van der Waals surface area (Å²) in [5.74, 6) is -1.29. The van der Waals surface area contributed by atoms with Crippen molar-refractivity contribution in [1.29, 1.82) is 0 Å². The summed E-state index contributed by atoms with van der Waals surface area (Å²) >= 11 is 0. The molecule has 6 atom stereocenters. The molecule has 172 valence electrons. The molecule has 0 spiro atoms. The van der Waals surface area contributed by atoms with Crippen LogP contribution in [0.2, 0.25) is 0 Å². The predicted octanol–water partition coefficient (Wildman–Crippen LogP) is 0.574. The van der Waals surface area contributed by atoms with Crippen molar-refractivity contribution in [2.24, 2.45) is 5.92 Å². The zero-order valence-electron chi connectivity index (χ0n) is 16.8. The molecule has 3 fully saturated rings. The number of hydrogen-bond donors (Lipinski definition) is 4. The molecule has 1 amide bonds. The van der Waals surface area contributed by atoms with E-state index in [9.17, 15) is 19.8 Å². The maximum absolute atomic E-state index is 12.6. The van der Waals surface area contributed by atoms with Crippen molar-refractivity contribution in [2.45, 2.75) is 81.8 Å². The molecule has 3 aliphatic rings. The molecule has 3 rings (SSSR count). The summed E-state index contributed by atoms with van der Waals surface area (Å²) in [6.07, 6.45) is -1.77. The lowest BCUT2D eigenvalue weighted by molar-refractivity contribution is -0.360. The van der Waals surface area contributed by atoms with Crippen LogP contribution in [-0.2, 0) is 23.9 Å². The normalized spacial score (nSPS) is 35.8. The van der Waals surface area contributed by atoms with Crippen LogP contribution in [0.1, 0.15) is 44.9 Å². The van der Waals surface area contributed by atoms with Crippen LogP contribution in [0, 0.1) is 5.92 Å². The Labute approximate surface area is 174 Å². The summed E-state index contributed by atoms with van der Waals surface area (Å²) in [7, 11) is 0. The average Bonchev–Trinajstić information content (AvgIpc) is 2.76. The lowest BCUT2D eigenvalue weighted by Crippen LogP contribution is -2.54. The number of carbonyl (C=O) groups is 2. The number of aliphatic carboxylic acids is 1. The van der Waals surface area contributed by atoms with Gasteiger partial charge < -0.3 is 34.4 Å². The number of nitrogens with zero attached hydrogens (tertiary/aromatic N) is 1. The first-order valence-corrected chi connectivity index (χ1v) is 10.5. The van der Waals surface area contributed by atoms with Crippen molar-refractivity contribution < 1.29 is 49.3 Å². The molecule has 2 heterocycles. The van der Waals surface area contributed by atoms with E-state index >= 15 is 0 Å². The fraction of sp³-hybridized carbons (Fsp3) is 0.895. The number of likely N-dealkylation sites (tertiary alicyclic amines) is 1. The number of piperidine rings is 1. The van der Waals surface area contributed by atoms with Crippen LogP contribution in [0.5, 0.6) is 0 Å². The van der Waals surface area contributed by atoms with Gasteiger partial charge in [-0.3, -0.25) is 10.1 Å². The third-order valence-corrected chi connectivity index (χ3v) is 6.13. The van der Waals surface area contributed by atoms with Crippen LogP contribution >= 0.6 is 0 Å². The van der Waals surface area contributed by atoms with Crippen LogP contribution < -0.4 is 0 Å². The van der Waals surface area contributed by atoms with E-state index in [4.69, 9.17) is 24.6 Å². The molecule has 5 unspecified atom stereocenters. The van der Waals surface area contributed by atoms with E-state index in [0.717, 1.165) is 12.8 Å². The predicted molar refractivity (Wildman–Crippen MR) is 99.4 cm³/mol. The van der Waals surface area contributed by atoms with Crippen molar-refractivity contribution in [3.63, 3.8) is 0 Å². The maximum atomic E-state index is 12.6. The Hall–Kier alpha value is -1.50. The van der Waals surface area contributed by atoms with E-state index in [0.29, 0.717) is 38.8 Å². The Kier molecular flexibility index (Phi) is 8.26. The van der Waals surface area contributed by atoms with Crippen molar-refractivity contribution in [3.8, 4) is 0 Å². The minimum atomic E-state index is -1.26. The Balaban J connectivity index is 1.57. The quantitative estimate of drug-likeness (QED) is 0.345. The molecule has 2 saturated heterocycles. The molecule has 30 heavy (non-hydrogen) atoms. The average molecular weight is 433 g/mol. The molecule has 4 N–H and O–H groups in total. The monoisotopic (exact) mass is 433 g/mol. The molecule has 0 aromatic heterocycles. The number of ether oxygens (including phenoxy) is 3. The topological polar surface area (TPSA) is 155 Å². The fourth-order valence-corrected chi connectivity index (χ4v) is 4.27. The molecule has 11 nitrogen and oxygen atoms in total. The van der Waals surface area contributed by atoms with Crippen LogP contribution in [0.15, 0.2) is 0 Å². The van der Waals surface area contributed by atoms with E-state index in [1.807, 2.05) is 0 Å². The second kappa shape index (κ2) is 10.7. The minimum Gasteiger partial charge on any atom is -0.481 e. The number of carboxylic acid groups (broad SMARTS) is 1. The van der Waals surface area contributed by atoms with Crippen molar-refractivity contribution >= 4 is 12.1 Å². The largest absolute Gasteiger partial charge is 0.481 e. The zero-order valence-corrected chi connectivity index (χ0v) is 16.8. The van der Waals surface area contributed by atoms with Gasteiger partial charge in [-0.15, -0.1) is 0 Å². The summed E-state index contributed by atoms with van der Waals surface area (Å²) in [6.45, 7) is 0.334. The van der Waals surface area contributed by atoms with Gasteiger partial charge in [-0.1, -0.05) is 6.42 Å². The van der Waals surface area contributed by atoms with Gasteiger partial charge in [0.15, 0.2) is 6.29 Å². The van der Waals surface area contributed by atoms with Gasteiger partial charge in [0, 0.05) is 19.5 Å². The Morgan fingerprint density at radius 2 is 1.70 bits per heavy atom. The van der Waals surface area contributed by atoms with E-state index in [1.54, 1.807) is 0 Å². The van der Waals surface area contributed by atoms with Crippen LogP contribution in [-0.4, -0.2) is 94.0 Å². The number of aliphatic hydroxyl groups is 2. The highest BCUT2D eigenvalue weighted by molar-refractivity contribution is 5.71. The van der Waals surface area contributed by atoms with Gasteiger partial charge in [-0.25, -0.2) is 9.68 Å². The molecule has 0 aromatic carbocycles. The summed E-state index contributed by atoms with van der Waals surface area (Å²) in [5, 5.41) is 37.8. The SMILES string of the molecule is O=C(O)C1CCN(C(=O)OC2CCCCC2O[C@@H]2OC(CO)CC(OO)C2O)CC1. The van der Waals surface area contributed by atoms with Crippen LogP contribution in [0.3, 0.4) is 0 Å². The van der Waals surface area contributed by atoms with Gasteiger partial charge >= 0.3 is 12.1 Å². The van der Waals surface area contributed by atoms with Gasteiger partial charge in [0.1, 0.15) is 18.3 Å². The summed E-state index contributed by atoms with van der Waals surface area (Å²) < 4.78 is 17.1. The molecule has 11 heteroatoms. The number of aliphatic hydroxyl groups excluding tert-OH is 2. The fourth-order valence-electron chi connectivity index (χ4n) is 4.27. The second-order valence-electron chi connectivity index (χ2n) is 8.16. The van der Waals surface area contributed by atoms with Crippen molar-refractivity contribution in [3.05, 3.63) is 0 Å². The van der Waals surface area contributed by atoms with Crippen molar-refractivity contribution in [1.82, 2.24) is 4.90 Å². The minimum absolute atomic E-state index is 0.114. The van der Waals surface area contributed by atoms with Crippen LogP contribution in [0.4, 0.5) is 4.79 Å². The molecule has 0 radical (unpaired) electrons. The summed E-state index contributed by atoms with van der Waals surface area (Å²) in [5.41, 5.74) is 0. The first-order valence-electron chi connectivity index (χ1n) is 10.5. The highest BCUT2D eigenvalue weighted by Crippen LogP contribution is 2.30. The number of rotatable bonds is 6. The molecule has 1 saturated carbocycles. The molecular weight excluding hydrogens is 402 g/mol. The number of carboxylic acids is 1. The smallest absolute Gasteiger partial charge is 0.410 e. The standard InChI is InChI=1S/C19H31NO10/c21-10-12-9-15(30-26)16(22)18(27-12)28-13-3-1-2-4-14(13)29-19(25)20-7-5-11(6-8-20)17(23)24/h11-16,18,21-22,26H,1-10H2,(H,23,24)/t12?,13?,14?,15?,16?,18-/m0/s1. The Morgan fingerprint density at radius 1 is 1.03 bits per heavy atom. The van der Waals surface area contributed by atoms with Gasteiger partial charge in [0.05, 0.1) is 24.7 Å². The molecule has 0 aromatic rings. The van der Waals surface area contributed by atoms with Crippen molar-refractivity contribution in [2.75, 3.05) is 19.7 Å². The van der Waals surface area contributed by atoms with Gasteiger partial charge in [0.2, 0.25) is 0 Å². The first-order chi connectivity index (χ1) is 14.4. The Morgan fingerprint density at radius 3 is 2.30 bits per heavy atom. The highest BCUT2D eigenvalue weighted by Gasteiger charge is 2.43. The summed E-state index contributed by atoms with van der Waals surface area (Å²) in [4.78, 5) is 29.5. The van der Waals surface area contributed by atoms with E-state index < -0.39 is 54.8 Å². The number of hydrogen-bond acceptors (Lipinski definition) is 9. The lowest BCUT2D eigenvalue weighted by atomic mass is 9.94. The van der Waals surface area contributed by atoms with E-state index in [1.165, 1.54) is 4.90 Å². The van der Waals surface area contributed by atoms with Gasteiger partial charge in [0.25, 0.3) is 0 Å². The first kappa shape index (κ1) is 23.2. The third kappa shape index (κ3) is 5.59. The number of carbonyl (C=O) groups excluding carboxylic acids is 1. The zero-order chi connectivity index (χ0) is 21.7. The maximum Gasteiger partial charge on any atom is 0.410 e. The Bertz CT molecular complexity index is 582. The molecule has 1 aliphatic carbocycles. The second-order valence-corrected chi connectivity index (χ2v) is 8.16. The van der Waals surface area contributed by atoms with E-state index in [-0.39, 0.29) is 13.0 Å².